The lowest BCUT2D eigenvalue weighted by atomic mass is 10.3. The monoisotopic (exact) mass is 283 g/mol. The Balaban J connectivity index is -0.000000125. The van der Waals surface area contributed by atoms with E-state index in [0.717, 1.165) is 6.54 Å². The van der Waals surface area contributed by atoms with E-state index in [1.807, 2.05) is 7.05 Å². The Labute approximate surface area is 111 Å². The summed E-state index contributed by atoms with van der Waals surface area (Å²) < 4.78 is 4.28. The van der Waals surface area contributed by atoms with Crippen molar-refractivity contribution >= 4 is 49.6 Å². The van der Waals surface area contributed by atoms with Crippen molar-refractivity contribution in [3.63, 3.8) is 0 Å². The SMILES string of the molecule is CCCCn1cc[n+](C)c1.Cl.Cl.Cl.Cl. The lowest BCUT2D eigenvalue weighted by Gasteiger charge is -1.90. The normalized spacial score (nSPS) is 7.29. The molecule has 0 spiro atoms. The lowest BCUT2D eigenvalue weighted by molar-refractivity contribution is -0.671. The minimum absolute atomic E-state index is 0. The maximum Gasteiger partial charge on any atom is 0.243 e. The van der Waals surface area contributed by atoms with E-state index >= 15 is 0 Å². The third-order valence-corrected chi connectivity index (χ3v) is 1.59. The van der Waals surface area contributed by atoms with E-state index in [9.17, 15) is 0 Å². The van der Waals surface area contributed by atoms with Gasteiger partial charge in [-0.1, -0.05) is 13.3 Å². The molecule has 88 valence electrons. The topological polar surface area (TPSA) is 8.81 Å². The van der Waals surface area contributed by atoms with Crippen LogP contribution in [0.2, 0.25) is 0 Å². The minimum atomic E-state index is 0. The molecule has 0 amide bonds. The van der Waals surface area contributed by atoms with Gasteiger partial charge in [0.05, 0.1) is 13.6 Å². The zero-order valence-corrected chi connectivity index (χ0v) is 11.6. The number of aromatic nitrogens is 2. The Kier molecular flexibility index (Phi) is 22.8. The van der Waals surface area contributed by atoms with E-state index in [4.69, 9.17) is 0 Å². The number of halogens is 4. The Bertz CT molecular complexity index is 203. The van der Waals surface area contributed by atoms with Gasteiger partial charge in [-0.05, 0) is 6.42 Å². The van der Waals surface area contributed by atoms with Crippen molar-refractivity contribution in [2.45, 2.75) is 26.3 Å². The van der Waals surface area contributed by atoms with Crippen molar-refractivity contribution in [2.24, 2.45) is 7.05 Å². The highest BCUT2D eigenvalue weighted by molar-refractivity contribution is 5.86. The fourth-order valence-electron chi connectivity index (χ4n) is 0.975. The van der Waals surface area contributed by atoms with Gasteiger partial charge in [0.2, 0.25) is 6.33 Å². The molecule has 0 aromatic carbocycles. The second-order valence-corrected chi connectivity index (χ2v) is 2.67. The largest absolute Gasteiger partial charge is 0.243 e. The maximum atomic E-state index is 2.21. The number of aryl methyl sites for hydroxylation is 2. The summed E-state index contributed by atoms with van der Waals surface area (Å²) >= 11 is 0. The summed E-state index contributed by atoms with van der Waals surface area (Å²) in [7, 11) is 2.04. The van der Waals surface area contributed by atoms with Crippen LogP contribution in [0.15, 0.2) is 18.7 Å². The van der Waals surface area contributed by atoms with Crippen molar-refractivity contribution in [3.8, 4) is 0 Å². The van der Waals surface area contributed by atoms with Crippen molar-refractivity contribution < 1.29 is 4.57 Å². The van der Waals surface area contributed by atoms with Crippen molar-refractivity contribution in [3.05, 3.63) is 18.7 Å². The summed E-state index contributed by atoms with van der Waals surface area (Å²) in [5, 5.41) is 0. The minimum Gasteiger partial charge on any atom is -0.240 e. The van der Waals surface area contributed by atoms with Gasteiger partial charge in [-0.2, -0.15) is 0 Å². The fraction of sp³-hybridized carbons (Fsp3) is 0.625. The standard InChI is InChI=1S/C8H15N2.4ClH/c1-3-4-5-10-7-6-9(2)8-10;;;;/h6-8H,3-5H2,1-2H3;4*1H/q+1;;;;. The number of hydrogen-bond acceptors (Lipinski definition) is 0. The zero-order valence-electron chi connectivity index (χ0n) is 8.38. The zero-order chi connectivity index (χ0) is 7.40. The fourth-order valence-corrected chi connectivity index (χ4v) is 0.975. The molecule has 2 nitrogen and oxygen atoms in total. The van der Waals surface area contributed by atoms with Gasteiger partial charge in [0.25, 0.3) is 0 Å². The Morgan fingerprint density at radius 3 is 2.07 bits per heavy atom. The van der Waals surface area contributed by atoms with Gasteiger partial charge < -0.3 is 0 Å². The van der Waals surface area contributed by atoms with Gasteiger partial charge in [-0.25, -0.2) is 9.13 Å². The van der Waals surface area contributed by atoms with Gasteiger partial charge in [-0.15, -0.1) is 49.6 Å². The van der Waals surface area contributed by atoms with Gasteiger partial charge >= 0.3 is 0 Å². The van der Waals surface area contributed by atoms with Crippen LogP contribution < -0.4 is 4.57 Å². The highest BCUT2D eigenvalue weighted by Gasteiger charge is 1.96. The number of hydrogen-bond donors (Lipinski definition) is 0. The number of unbranched alkanes of at least 4 members (excludes halogenated alkanes) is 1. The van der Waals surface area contributed by atoms with Crippen LogP contribution in [0.4, 0.5) is 0 Å². The highest BCUT2D eigenvalue weighted by atomic mass is 35.5. The molecule has 0 aliphatic rings. The van der Waals surface area contributed by atoms with Crippen LogP contribution in [-0.2, 0) is 13.6 Å². The van der Waals surface area contributed by atoms with Gasteiger partial charge in [0.15, 0.2) is 0 Å². The quantitative estimate of drug-likeness (QED) is 0.755. The number of imidazole rings is 1. The molecule has 14 heavy (non-hydrogen) atoms. The van der Waals surface area contributed by atoms with Crippen LogP contribution >= 0.6 is 49.6 Å². The molecule has 0 atom stereocenters. The molecule has 0 radical (unpaired) electrons. The van der Waals surface area contributed by atoms with Crippen LogP contribution in [0.5, 0.6) is 0 Å². The molecular weight excluding hydrogens is 266 g/mol. The summed E-state index contributed by atoms with van der Waals surface area (Å²) in [5.74, 6) is 0. The molecule has 1 heterocycles. The molecule has 1 rings (SSSR count). The average molecular weight is 285 g/mol. The smallest absolute Gasteiger partial charge is 0.240 e. The highest BCUT2D eigenvalue weighted by Crippen LogP contribution is 1.91. The van der Waals surface area contributed by atoms with Crippen LogP contribution in [-0.4, -0.2) is 4.57 Å². The molecule has 6 heteroatoms. The molecule has 0 N–H and O–H groups in total. The predicted molar refractivity (Wildman–Crippen MR) is 69.5 cm³/mol. The molecule has 0 fully saturated rings. The molecule has 1 aromatic heterocycles. The third-order valence-electron chi connectivity index (χ3n) is 1.59. The molecule has 0 aliphatic carbocycles. The van der Waals surface area contributed by atoms with Crippen LogP contribution in [0, 0.1) is 0 Å². The Morgan fingerprint density at radius 2 is 1.71 bits per heavy atom. The molecule has 1 aromatic rings. The molecular formula is C8H19Cl4N2+. The van der Waals surface area contributed by atoms with Gasteiger partial charge in [0.1, 0.15) is 12.4 Å². The first-order chi connectivity index (χ1) is 4.83. The molecule has 0 bridgehead atoms. The molecule has 0 aliphatic heterocycles. The summed E-state index contributed by atoms with van der Waals surface area (Å²) in [4.78, 5) is 0. The predicted octanol–water partition coefficient (Wildman–Crippen LogP) is 2.80. The Morgan fingerprint density at radius 1 is 1.14 bits per heavy atom. The second-order valence-electron chi connectivity index (χ2n) is 2.67. The van der Waals surface area contributed by atoms with Crippen molar-refractivity contribution in [1.82, 2.24) is 4.57 Å². The molecule has 0 saturated heterocycles. The van der Waals surface area contributed by atoms with Crippen molar-refractivity contribution in [2.75, 3.05) is 0 Å². The first-order valence-electron chi connectivity index (χ1n) is 3.84. The lowest BCUT2D eigenvalue weighted by Crippen LogP contribution is -2.23. The molecule has 0 unspecified atom stereocenters. The van der Waals surface area contributed by atoms with Gasteiger partial charge in [0, 0.05) is 0 Å². The first-order valence-corrected chi connectivity index (χ1v) is 3.84. The summed E-state index contributed by atoms with van der Waals surface area (Å²) in [6, 6.07) is 0. The summed E-state index contributed by atoms with van der Waals surface area (Å²) in [6.45, 7) is 3.36. The van der Waals surface area contributed by atoms with Gasteiger partial charge in [-0.3, -0.25) is 0 Å². The third kappa shape index (κ3) is 8.95. The van der Waals surface area contributed by atoms with Crippen LogP contribution in [0.1, 0.15) is 19.8 Å². The van der Waals surface area contributed by atoms with E-state index in [-0.39, 0.29) is 49.6 Å². The van der Waals surface area contributed by atoms with Crippen LogP contribution in [0.3, 0.4) is 0 Å². The molecule has 0 saturated carbocycles. The van der Waals surface area contributed by atoms with E-state index in [0.29, 0.717) is 0 Å². The van der Waals surface area contributed by atoms with Crippen molar-refractivity contribution in [1.29, 1.82) is 0 Å². The maximum absolute atomic E-state index is 2.21. The van der Waals surface area contributed by atoms with Crippen LogP contribution in [0.25, 0.3) is 0 Å². The average Bonchev–Trinajstić information content (AvgIpc) is 2.31. The van der Waals surface area contributed by atoms with E-state index < -0.39 is 0 Å². The second kappa shape index (κ2) is 13.4. The van der Waals surface area contributed by atoms with E-state index in [1.54, 1.807) is 0 Å². The number of rotatable bonds is 3. The summed E-state index contributed by atoms with van der Waals surface area (Å²) in [5.41, 5.74) is 0. The van der Waals surface area contributed by atoms with E-state index in [1.165, 1.54) is 12.8 Å². The summed E-state index contributed by atoms with van der Waals surface area (Å²) in [6.07, 6.45) is 8.82. The Hall–Kier alpha value is 0.370. The van der Waals surface area contributed by atoms with E-state index in [2.05, 4.69) is 34.8 Å². The number of nitrogens with zero attached hydrogens (tertiary/aromatic N) is 2. The first kappa shape index (κ1) is 23.9.